The van der Waals surface area contributed by atoms with Gasteiger partial charge in [-0.05, 0) is 25.5 Å². The third-order valence-electron chi connectivity index (χ3n) is 3.11. The van der Waals surface area contributed by atoms with Crippen molar-refractivity contribution in [3.05, 3.63) is 35.4 Å². The number of methoxy groups -OCH3 is 1. The molecule has 1 N–H and O–H groups in total. The minimum Gasteiger partial charge on any atom is -0.499 e. The molecular formula is C15H18F4N2O2. The van der Waals surface area contributed by atoms with Crippen LogP contribution < -0.4 is 5.32 Å². The summed E-state index contributed by atoms with van der Waals surface area (Å²) in [5, 5.41) is 2.30. The molecule has 0 aromatic heterocycles. The summed E-state index contributed by atoms with van der Waals surface area (Å²) in [6, 6.07) is -1.94. The van der Waals surface area contributed by atoms with E-state index in [0.717, 1.165) is 12.2 Å². The fourth-order valence-corrected chi connectivity index (χ4v) is 1.94. The van der Waals surface area contributed by atoms with E-state index in [1.807, 2.05) is 0 Å². The smallest absolute Gasteiger partial charge is 0.412 e. The number of amides is 2. The molecular weight excluding hydrogens is 316 g/mol. The minimum absolute atomic E-state index is 0.144. The molecule has 0 radical (unpaired) electrons. The van der Waals surface area contributed by atoms with Crippen molar-refractivity contribution in [3.8, 4) is 0 Å². The summed E-state index contributed by atoms with van der Waals surface area (Å²) in [4.78, 5) is 15.3. The van der Waals surface area contributed by atoms with Gasteiger partial charge in [0.15, 0.2) is 0 Å². The van der Waals surface area contributed by atoms with E-state index in [9.17, 15) is 22.4 Å². The third-order valence-corrected chi connectivity index (χ3v) is 3.11. The molecule has 0 saturated heterocycles. The Morgan fingerprint density at radius 2 is 2.13 bits per heavy atom. The predicted molar refractivity (Wildman–Crippen MR) is 78.8 cm³/mol. The van der Waals surface area contributed by atoms with E-state index < -0.39 is 36.1 Å². The van der Waals surface area contributed by atoms with Crippen LogP contribution in [0.4, 0.5) is 22.4 Å². The van der Waals surface area contributed by atoms with E-state index in [4.69, 9.17) is 4.74 Å². The molecule has 1 unspecified atom stereocenters. The van der Waals surface area contributed by atoms with Gasteiger partial charge in [0.25, 0.3) is 0 Å². The second-order valence-corrected chi connectivity index (χ2v) is 4.83. The molecule has 0 heterocycles. The van der Waals surface area contributed by atoms with Crippen LogP contribution in [0.25, 0.3) is 0 Å². The Morgan fingerprint density at radius 3 is 2.65 bits per heavy atom. The lowest BCUT2D eigenvalue weighted by Crippen LogP contribution is -2.38. The highest BCUT2D eigenvalue weighted by Gasteiger charge is 2.37. The standard InChI is InChI=1S/C15H18F4N2O2/c1-4-5-11(16)9(2)20-14(22)21-12-8-10(15(17,18)19)6-7-13(12)23-3/h5-7,12H,4,8H2,1-3H3,(H,21,22). The van der Waals surface area contributed by atoms with Crippen LogP contribution in [-0.4, -0.2) is 31.1 Å². The monoisotopic (exact) mass is 334 g/mol. The van der Waals surface area contributed by atoms with Crippen molar-refractivity contribution in [1.82, 2.24) is 5.32 Å². The average Bonchev–Trinajstić information content (AvgIpc) is 2.46. The Bertz CT molecular complexity index is 575. The lowest BCUT2D eigenvalue weighted by molar-refractivity contribution is -0.0950. The first kappa shape index (κ1) is 18.9. The van der Waals surface area contributed by atoms with Gasteiger partial charge in [0.2, 0.25) is 0 Å². The Hall–Kier alpha value is -2.12. The first-order chi connectivity index (χ1) is 10.7. The zero-order valence-corrected chi connectivity index (χ0v) is 13.0. The number of nitrogens with one attached hydrogen (secondary N) is 1. The van der Waals surface area contributed by atoms with Crippen molar-refractivity contribution in [3.63, 3.8) is 0 Å². The minimum atomic E-state index is -4.49. The number of alkyl halides is 3. The average molecular weight is 334 g/mol. The van der Waals surface area contributed by atoms with Crippen LogP contribution in [-0.2, 0) is 4.74 Å². The van der Waals surface area contributed by atoms with Crippen LogP contribution in [0, 0.1) is 0 Å². The third kappa shape index (κ3) is 5.54. The zero-order valence-electron chi connectivity index (χ0n) is 13.0. The molecule has 8 heteroatoms. The van der Waals surface area contributed by atoms with Crippen LogP contribution >= 0.6 is 0 Å². The summed E-state index contributed by atoms with van der Waals surface area (Å²) in [5.41, 5.74) is -0.934. The number of aliphatic imine (C=N–C) groups is 1. The van der Waals surface area contributed by atoms with Gasteiger partial charge in [-0.1, -0.05) is 13.0 Å². The van der Waals surface area contributed by atoms with Crippen LogP contribution in [0.3, 0.4) is 0 Å². The summed E-state index contributed by atoms with van der Waals surface area (Å²) in [5.74, 6) is -0.478. The molecule has 4 nitrogen and oxygen atoms in total. The fourth-order valence-electron chi connectivity index (χ4n) is 1.94. The van der Waals surface area contributed by atoms with Gasteiger partial charge in [0.1, 0.15) is 11.6 Å². The highest BCUT2D eigenvalue weighted by atomic mass is 19.4. The number of urea groups is 1. The van der Waals surface area contributed by atoms with Gasteiger partial charge < -0.3 is 10.1 Å². The molecule has 1 atom stereocenters. The first-order valence-electron chi connectivity index (χ1n) is 6.92. The molecule has 1 rings (SSSR count). The quantitative estimate of drug-likeness (QED) is 0.618. The Kier molecular flexibility index (Phi) is 6.53. The van der Waals surface area contributed by atoms with Crippen LogP contribution in [0.5, 0.6) is 0 Å². The molecule has 0 aromatic carbocycles. The maximum absolute atomic E-state index is 13.5. The summed E-state index contributed by atoms with van der Waals surface area (Å²) >= 11 is 0. The number of carbonyl (C=O) groups is 1. The lowest BCUT2D eigenvalue weighted by Gasteiger charge is -2.25. The largest absolute Gasteiger partial charge is 0.499 e. The summed E-state index contributed by atoms with van der Waals surface area (Å²) in [6.45, 7) is 3.02. The van der Waals surface area contributed by atoms with Crippen LogP contribution in [0.15, 0.2) is 40.4 Å². The van der Waals surface area contributed by atoms with Crippen molar-refractivity contribution in [2.75, 3.05) is 7.11 Å². The van der Waals surface area contributed by atoms with Gasteiger partial charge in [-0.15, -0.1) is 0 Å². The molecule has 0 saturated carbocycles. The number of ether oxygens (including phenoxy) is 1. The van der Waals surface area contributed by atoms with E-state index in [1.165, 1.54) is 20.1 Å². The van der Waals surface area contributed by atoms with Gasteiger partial charge in [0, 0.05) is 12.0 Å². The molecule has 1 aliphatic carbocycles. The molecule has 1 aliphatic rings. The number of hydrogen-bond acceptors (Lipinski definition) is 2. The number of halogens is 4. The highest BCUT2D eigenvalue weighted by molar-refractivity contribution is 6.02. The molecule has 0 spiro atoms. The number of hydrogen-bond donors (Lipinski definition) is 1. The van der Waals surface area contributed by atoms with Crippen molar-refractivity contribution in [2.24, 2.45) is 4.99 Å². The summed E-state index contributed by atoms with van der Waals surface area (Å²) < 4.78 is 56.7. The molecule has 0 aromatic rings. The molecule has 0 bridgehead atoms. The topological polar surface area (TPSA) is 50.7 Å². The predicted octanol–water partition coefficient (Wildman–Crippen LogP) is 4.21. The number of nitrogens with zero attached hydrogens (tertiary/aromatic N) is 1. The number of rotatable bonds is 4. The Labute approximate surface area is 131 Å². The number of allylic oxidation sites excluding steroid dienone is 4. The van der Waals surface area contributed by atoms with E-state index in [-0.39, 0.29) is 11.5 Å². The maximum atomic E-state index is 13.5. The SMILES string of the molecule is CCC=C(F)C(C)=NC(=O)NC1CC(C(F)(F)F)=CC=C1OC. The van der Waals surface area contributed by atoms with Crippen molar-refractivity contribution < 1.29 is 27.1 Å². The Morgan fingerprint density at radius 1 is 1.48 bits per heavy atom. The van der Waals surface area contributed by atoms with E-state index in [0.29, 0.717) is 6.42 Å². The molecule has 128 valence electrons. The second-order valence-electron chi connectivity index (χ2n) is 4.83. The fraction of sp³-hybridized carbons (Fsp3) is 0.467. The van der Waals surface area contributed by atoms with Crippen molar-refractivity contribution in [1.29, 1.82) is 0 Å². The maximum Gasteiger partial charge on any atom is 0.412 e. The molecule has 0 fully saturated rings. The summed E-state index contributed by atoms with van der Waals surface area (Å²) in [6.07, 6.45) is -1.24. The van der Waals surface area contributed by atoms with Gasteiger partial charge in [0.05, 0.1) is 18.9 Å². The molecule has 2 amide bonds. The number of carbonyl (C=O) groups excluding carboxylic acids is 1. The van der Waals surface area contributed by atoms with Gasteiger partial charge in [-0.3, -0.25) is 0 Å². The van der Waals surface area contributed by atoms with Crippen LogP contribution in [0.1, 0.15) is 26.7 Å². The van der Waals surface area contributed by atoms with E-state index in [2.05, 4.69) is 10.3 Å². The molecule has 0 aliphatic heterocycles. The molecule has 23 heavy (non-hydrogen) atoms. The summed E-state index contributed by atoms with van der Waals surface area (Å²) in [7, 11) is 1.29. The first-order valence-corrected chi connectivity index (χ1v) is 6.92. The second kappa shape index (κ2) is 7.94. The van der Waals surface area contributed by atoms with Crippen LogP contribution in [0.2, 0.25) is 0 Å². The highest BCUT2D eigenvalue weighted by Crippen LogP contribution is 2.33. The lowest BCUT2D eigenvalue weighted by atomic mass is 9.98. The van der Waals surface area contributed by atoms with Gasteiger partial charge >= 0.3 is 12.2 Å². The normalized spacial score (nSPS) is 19.9. The van der Waals surface area contributed by atoms with E-state index in [1.54, 1.807) is 6.92 Å². The van der Waals surface area contributed by atoms with Crippen molar-refractivity contribution >= 4 is 11.7 Å². The Balaban J connectivity index is 2.85. The van der Waals surface area contributed by atoms with Crippen molar-refractivity contribution in [2.45, 2.75) is 38.9 Å². The zero-order chi connectivity index (χ0) is 17.6. The van der Waals surface area contributed by atoms with Gasteiger partial charge in [-0.2, -0.15) is 18.2 Å². The van der Waals surface area contributed by atoms with Gasteiger partial charge in [-0.25, -0.2) is 9.18 Å². The van der Waals surface area contributed by atoms with E-state index >= 15 is 0 Å².